The number of rotatable bonds is 4. The van der Waals surface area contributed by atoms with Gasteiger partial charge in [0.25, 0.3) is 5.56 Å². The summed E-state index contributed by atoms with van der Waals surface area (Å²) in [5, 5.41) is 0.503. The lowest BCUT2D eigenvalue weighted by atomic mass is 10.2. The number of halogens is 1. The average Bonchev–Trinajstić information content (AvgIpc) is 3.00. The van der Waals surface area contributed by atoms with E-state index in [1.54, 1.807) is 19.1 Å². The lowest BCUT2D eigenvalue weighted by molar-refractivity contribution is 0.102. The van der Waals surface area contributed by atoms with Crippen LogP contribution in [0.3, 0.4) is 0 Å². The predicted molar refractivity (Wildman–Crippen MR) is 109 cm³/mol. The summed E-state index contributed by atoms with van der Waals surface area (Å²) in [5.41, 5.74) is 1.12. The van der Waals surface area contributed by atoms with E-state index >= 15 is 0 Å². The lowest BCUT2D eigenvalue weighted by Crippen LogP contribution is -2.46. The van der Waals surface area contributed by atoms with Crippen LogP contribution in [0.5, 0.6) is 0 Å². The number of thiophene rings is 1. The van der Waals surface area contributed by atoms with Crippen LogP contribution < -0.4 is 10.5 Å². The van der Waals surface area contributed by atoms with Crippen molar-refractivity contribution >= 4 is 33.0 Å². The molecule has 0 amide bonds. The van der Waals surface area contributed by atoms with Gasteiger partial charge in [0.15, 0.2) is 5.78 Å². The number of carbonyl (C=O) groups is 1. The molecule has 2 aromatic heterocycles. The van der Waals surface area contributed by atoms with E-state index in [0.717, 1.165) is 13.1 Å². The minimum Gasteiger partial charge on any atom is -0.367 e. The molecule has 0 unspecified atom stereocenters. The number of fused-ring (bicyclic) bond motifs is 1. The van der Waals surface area contributed by atoms with Gasteiger partial charge in [-0.25, -0.2) is 9.37 Å². The summed E-state index contributed by atoms with van der Waals surface area (Å²) < 4.78 is 14.0. The number of hydrogen-bond acceptors (Lipinski definition) is 6. The predicted octanol–water partition coefficient (Wildman–Crippen LogP) is 2.96. The summed E-state index contributed by atoms with van der Waals surface area (Å²) in [5.74, 6) is 0.334. The molecule has 1 aliphatic heterocycles. The van der Waals surface area contributed by atoms with Gasteiger partial charge in [-0.15, -0.1) is 11.3 Å². The van der Waals surface area contributed by atoms with Crippen molar-refractivity contribution in [2.24, 2.45) is 0 Å². The van der Waals surface area contributed by atoms with Crippen LogP contribution in [0.25, 0.3) is 10.2 Å². The van der Waals surface area contributed by atoms with Gasteiger partial charge in [-0.05, 0) is 31.5 Å². The second-order valence-corrected chi connectivity index (χ2v) is 8.02. The number of aryl methyl sites for hydroxylation is 1. The Balaban J connectivity index is 1.50. The molecule has 0 atom stereocenters. The van der Waals surface area contributed by atoms with Crippen LogP contribution in [-0.4, -0.2) is 46.8 Å². The Morgan fingerprint density at radius 2 is 1.96 bits per heavy atom. The minimum atomic E-state index is -0.207. The van der Waals surface area contributed by atoms with E-state index in [9.17, 15) is 14.0 Å². The van der Waals surface area contributed by atoms with Gasteiger partial charge in [0.1, 0.15) is 16.5 Å². The van der Waals surface area contributed by atoms with Gasteiger partial charge in [-0.1, -0.05) is 12.1 Å². The second kappa shape index (κ2) is 7.44. The van der Waals surface area contributed by atoms with E-state index in [-0.39, 0.29) is 17.2 Å². The highest BCUT2D eigenvalue weighted by molar-refractivity contribution is 7.20. The van der Waals surface area contributed by atoms with Gasteiger partial charge in [0.2, 0.25) is 0 Å². The number of carbonyl (C=O) groups excluding carboxylic acids is 1. The van der Waals surface area contributed by atoms with Gasteiger partial charge in [0.05, 0.1) is 22.5 Å². The molecule has 0 spiro atoms. The summed E-state index contributed by atoms with van der Waals surface area (Å²) in [6.45, 7) is 6.72. The molecule has 1 fully saturated rings. The molecule has 1 aliphatic rings. The highest BCUT2D eigenvalue weighted by Crippen LogP contribution is 2.27. The molecule has 6 nitrogen and oxygen atoms in total. The Morgan fingerprint density at radius 1 is 1.25 bits per heavy atom. The van der Waals surface area contributed by atoms with Crippen LogP contribution in [-0.2, 0) is 6.54 Å². The summed E-state index contributed by atoms with van der Waals surface area (Å²) in [7, 11) is 0. The molecule has 1 N–H and O–H groups in total. The van der Waals surface area contributed by atoms with E-state index in [1.807, 2.05) is 11.0 Å². The van der Waals surface area contributed by atoms with Crippen molar-refractivity contribution in [3.63, 3.8) is 0 Å². The SMILES string of the molecule is CC(=O)c1sc2nc(CN3CCN(c4ccccc4F)CC3)[nH]c(=O)c2c1C. The summed E-state index contributed by atoms with van der Waals surface area (Å²) in [4.78, 5) is 37.1. The molecule has 0 bridgehead atoms. The third-order valence-electron chi connectivity index (χ3n) is 5.11. The molecule has 1 saturated heterocycles. The van der Waals surface area contributed by atoms with Crippen LogP contribution >= 0.6 is 11.3 Å². The van der Waals surface area contributed by atoms with E-state index in [0.29, 0.717) is 51.8 Å². The molecule has 146 valence electrons. The zero-order chi connectivity index (χ0) is 19.8. The molecule has 0 radical (unpaired) electrons. The number of hydrogen-bond donors (Lipinski definition) is 1. The summed E-state index contributed by atoms with van der Waals surface area (Å²) in [6.07, 6.45) is 0. The van der Waals surface area contributed by atoms with Crippen molar-refractivity contribution < 1.29 is 9.18 Å². The first kappa shape index (κ1) is 18.8. The second-order valence-electron chi connectivity index (χ2n) is 7.02. The smallest absolute Gasteiger partial charge is 0.259 e. The fourth-order valence-corrected chi connectivity index (χ4v) is 4.76. The minimum absolute atomic E-state index is 0.0503. The molecule has 3 heterocycles. The number of ketones is 1. The Kier molecular flexibility index (Phi) is 4.99. The summed E-state index contributed by atoms with van der Waals surface area (Å²) in [6, 6.07) is 6.80. The van der Waals surface area contributed by atoms with Gasteiger partial charge in [-0.3, -0.25) is 14.5 Å². The maximum Gasteiger partial charge on any atom is 0.259 e. The number of Topliss-reactive ketones (excluding diaryl/α,β-unsaturated/α-hetero) is 1. The number of nitrogens with one attached hydrogen (secondary N) is 1. The monoisotopic (exact) mass is 400 g/mol. The van der Waals surface area contributed by atoms with E-state index in [2.05, 4.69) is 14.9 Å². The van der Waals surface area contributed by atoms with E-state index in [1.165, 1.54) is 24.3 Å². The topological polar surface area (TPSA) is 69.3 Å². The quantitative estimate of drug-likeness (QED) is 0.682. The van der Waals surface area contributed by atoms with Crippen molar-refractivity contribution in [3.8, 4) is 0 Å². The number of H-pyrrole nitrogens is 1. The van der Waals surface area contributed by atoms with Crippen LogP contribution in [0.4, 0.5) is 10.1 Å². The largest absolute Gasteiger partial charge is 0.367 e. The van der Waals surface area contributed by atoms with Gasteiger partial charge in [0, 0.05) is 26.2 Å². The van der Waals surface area contributed by atoms with E-state index < -0.39 is 0 Å². The third kappa shape index (κ3) is 3.45. The maximum atomic E-state index is 14.0. The van der Waals surface area contributed by atoms with Crippen molar-refractivity contribution in [2.75, 3.05) is 31.1 Å². The van der Waals surface area contributed by atoms with Crippen molar-refractivity contribution in [3.05, 3.63) is 56.7 Å². The number of para-hydroxylation sites is 1. The van der Waals surface area contributed by atoms with Crippen LogP contribution in [0.2, 0.25) is 0 Å². The van der Waals surface area contributed by atoms with Gasteiger partial charge in [-0.2, -0.15) is 0 Å². The van der Waals surface area contributed by atoms with Gasteiger partial charge >= 0.3 is 0 Å². The molecule has 1 aromatic carbocycles. The maximum absolute atomic E-state index is 14.0. The first-order chi connectivity index (χ1) is 13.4. The van der Waals surface area contributed by atoms with Gasteiger partial charge < -0.3 is 9.88 Å². The molecular weight excluding hydrogens is 379 g/mol. The molecule has 3 aromatic rings. The fourth-order valence-electron chi connectivity index (χ4n) is 3.67. The third-order valence-corrected chi connectivity index (χ3v) is 6.39. The number of nitrogens with zero attached hydrogens (tertiary/aromatic N) is 3. The van der Waals surface area contributed by atoms with Crippen LogP contribution in [0.1, 0.15) is 28.0 Å². The first-order valence-corrected chi connectivity index (χ1v) is 10.0. The first-order valence-electron chi connectivity index (χ1n) is 9.19. The Morgan fingerprint density at radius 3 is 2.64 bits per heavy atom. The van der Waals surface area contributed by atoms with Crippen LogP contribution in [0, 0.1) is 12.7 Å². The highest BCUT2D eigenvalue weighted by atomic mass is 32.1. The molecule has 28 heavy (non-hydrogen) atoms. The Hall–Kier alpha value is -2.58. The lowest BCUT2D eigenvalue weighted by Gasteiger charge is -2.35. The standard InChI is InChI=1S/C20H21FN4O2S/c1-12-17-19(27)22-16(23-20(17)28-18(12)13(2)26)11-24-7-9-25(10-8-24)15-6-4-3-5-14(15)21/h3-6H,7-11H2,1-2H3,(H,22,23,27). The number of aromatic amines is 1. The zero-order valence-corrected chi connectivity index (χ0v) is 16.6. The fraction of sp³-hybridized carbons (Fsp3) is 0.350. The normalized spacial score (nSPS) is 15.3. The average molecular weight is 400 g/mol. The Bertz CT molecular complexity index is 1100. The molecular formula is C20H21FN4O2S. The number of piperazine rings is 1. The number of aromatic nitrogens is 2. The zero-order valence-electron chi connectivity index (χ0n) is 15.8. The van der Waals surface area contributed by atoms with Crippen LogP contribution in [0.15, 0.2) is 29.1 Å². The highest BCUT2D eigenvalue weighted by Gasteiger charge is 2.21. The van der Waals surface area contributed by atoms with Crippen molar-refractivity contribution in [1.29, 1.82) is 0 Å². The van der Waals surface area contributed by atoms with E-state index in [4.69, 9.17) is 0 Å². The van der Waals surface area contributed by atoms with Crippen molar-refractivity contribution in [2.45, 2.75) is 20.4 Å². The number of benzene rings is 1. The molecule has 0 saturated carbocycles. The summed E-state index contributed by atoms with van der Waals surface area (Å²) >= 11 is 1.27. The molecule has 8 heteroatoms. The number of anilines is 1. The van der Waals surface area contributed by atoms with Crippen molar-refractivity contribution in [1.82, 2.24) is 14.9 Å². The Labute approximate surface area is 165 Å². The molecule has 4 rings (SSSR count). The molecule has 0 aliphatic carbocycles.